The summed E-state index contributed by atoms with van der Waals surface area (Å²) in [5.41, 5.74) is 9.49. The highest BCUT2D eigenvalue weighted by atomic mass is 35.5. The van der Waals surface area contributed by atoms with Crippen LogP contribution in [-0.2, 0) is 12.8 Å². The number of halogens is 1. The van der Waals surface area contributed by atoms with Crippen LogP contribution in [0.3, 0.4) is 0 Å². The summed E-state index contributed by atoms with van der Waals surface area (Å²) in [4.78, 5) is 12.9. The normalized spacial score (nSPS) is 18.2. The van der Waals surface area contributed by atoms with Crippen molar-refractivity contribution < 1.29 is 4.79 Å². The van der Waals surface area contributed by atoms with Crippen molar-refractivity contribution in [2.75, 3.05) is 6.54 Å². The Labute approximate surface area is 154 Å². The number of benzene rings is 1. The van der Waals surface area contributed by atoms with Gasteiger partial charge in [-0.05, 0) is 57.1 Å². The van der Waals surface area contributed by atoms with Gasteiger partial charge in [0.1, 0.15) is 0 Å². The van der Waals surface area contributed by atoms with Crippen LogP contribution in [0, 0.1) is 5.92 Å². The van der Waals surface area contributed by atoms with Gasteiger partial charge in [0.25, 0.3) is 5.91 Å². The molecular formula is C19H25ClN4O. The molecular weight excluding hydrogens is 336 g/mol. The lowest BCUT2D eigenvalue weighted by Crippen LogP contribution is -2.53. The molecule has 0 aliphatic heterocycles. The molecule has 6 heteroatoms. The van der Waals surface area contributed by atoms with Crippen LogP contribution in [0.5, 0.6) is 0 Å². The maximum atomic E-state index is 12.9. The van der Waals surface area contributed by atoms with Crippen molar-refractivity contribution in [3.63, 3.8) is 0 Å². The van der Waals surface area contributed by atoms with Gasteiger partial charge in [-0.3, -0.25) is 4.79 Å². The second-order valence-electron chi connectivity index (χ2n) is 7.22. The van der Waals surface area contributed by atoms with Crippen molar-refractivity contribution in [2.24, 2.45) is 11.7 Å². The predicted molar refractivity (Wildman–Crippen MR) is 100 cm³/mol. The van der Waals surface area contributed by atoms with Gasteiger partial charge in [-0.15, -0.1) is 12.4 Å². The highest BCUT2D eigenvalue weighted by Crippen LogP contribution is 2.39. The largest absolute Gasteiger partial charge is 0.344 e. The molecule has 4 rings (SSSR count). The smallest absolute Gasteiger partial charge is 0.272 e. The number of rotatable bonds is 5. The van der Waals surface area contributed by atoms with E-state index in [1.54, 1.807) is 0 Å². The molecule has 1 saturated carbocycles. The number of nitrogens with zero attached hydrogens (tertiary/aromatic N) is 2. The Morgan fingerprint density at radius 3 is 2.68 bits per heavy atom. The molecule has 134 valence electrons. The van der Waals surface area contributed by atoms with Crippen LogP contribution >= 0.6 is 12.4 Å². The minimum Gasteiger partial charge on any atom is -0.344 e. The van der Waals surface area contributed by atoms with Crippen molar-refractivity contribution in [3.05, 3.63) is 47.3 Å². The third-order valence-corrected chi connectivity index (χ3v) is 5.45. The Morgan fingerprint density at radius 2 is 2.04 bits per heavy atom. The van der Waals surface area contributed by atoms with Crippen LogP contribution in [0.4, 0.5) is 0 Å². The summed E-state index contributed by atoms with van der Waals surface area (Å²) in [7, 11) is 0. The Bertz CT molecular complexity index is 769. The van der Waals surface area contributed by atoms with Gasteiger partial charge in [0.2, 0.25) is 0 Å². The van der Waals surface area contributed by atoms with E-state index in [1.165, 1.54) is 5.69 Å². The van der Waals surface area contributed by atoms with E-state index in [0.717, 1.165) is 43.4 Å². The second-order valence-corrected chi connectivity index (χ2v) is 7.22. The molecule has 1 amide bonds. The fourth-order valence-corrected chi connectivity index (χ4v) is 3.76. The van der Waals surface area contributed by atoms with Gasteiger partial charge in [-0.1, -0.05) is 18.2 Å². The zero-order valence-electron chi connectivity index (χ0n) is 14.5. The zero-order valence-corrected chi connectivity index (χ0v) is 15.3. The summed E-state index contributed by atoms with van der Waals surface area (Å²) in [6.45, 7) is 2.52. The van der Waals surface area contributed by atoms with Crippen LogP contribution in [0.2, 0.25) is 0 Å². The fraction of sp³-hybridized carbons (Fsp3) is 0.474. The van der Waals surface area contributed by atoms with Gasteiger partial charge >= 0.3 is 0 Å². The first-order valence-electron chi connectivity index (χ1n) is 8.81. The summed E-state index contributed by atoms with van der Waals surface area (Å²) < 4.78 is 1.94. The maximum absolute atomic E-state index is 12.9. The lowest BCUT2D eigenvalue weighted by atomic mass is 9.95. The molecule has 1 aromatic carbocycles. The van der Waals surface area contributed by atoms with Crippen LogP contribution in [-0.4, -0.2) is 27.8 Å². The van der Waals surface area contributed by atoms with Crippen LogP contribution < -0.4 is 11.1 Å². The molecule has 1 atom stereocenters. The summed E-state index contributed by atoms with van der Waals surface area (Å²) >= 11 is 0. The third kappa shape index (κ3) is 3.18. The molecule has 2 aromatic rings. The topological polar surface area (TPSA) is 72.9 Å². The molecule has 3 N–H and O–H groups in total. The lowest BCUT2D eigenvalue weighted by molar-refractivity contribution is 0.0891. The molecule has 0 radical (unpaired) electrons. The van der Waals surface area contributed by atoms with Crippen molar-refractivity contribution >= 4 is 18.3 Å². The molecule has 2 aliphatic rings. The minimum absolute atomic E-state index is 0. The first-order valence-corrected chi connectivity index (χ1v) is 8.81. The molecule has 5 nitrogen and oxygen atoms in total. The first-order chi connectivity index (χ1) is 11.6. The number of carbonyl (C=O) groups excluding carboxylic acids is 1. The third-order valence-electron chi connectivity index (χ3n) is 5.45. The molecule has 25 heavy (non-hydrogen) atoms. The number of para-hydroxylation sites is 1. The van der Waals surface area contributed by atoms with Crippen LogP contribution in [0.1, 0.15) is 47.9 Å². The lowest BCUT2D eigenvalue weighted by Gasteiger charge is -2.29. The molecule has 2 aliphatic carbocycles. The summed E-state index contributed by atoms with van der Waals surface area (Å²) in [5.74, 6) is 0.415. The Hall–Kier alpha value is -1.85. The highest BCUT2D eigenvalue weighted by molar-refractivity contribution is 5.95. The summed E-state index contributed by atoms with van der Waals surface area (Å²) in [5, 5.41) is 7.84. The zero-order chi connectivity index (χ0) is 16.7. The standard InChI is InChI=1S/C19H24N4O.ClH/c1-19(12-20,13-10-11-13)21-18(24)17-15-8-5-9-16(15)23(22-17)14-6-3-2-4-7-14;/h2-4,6-7,13H,5,8-12,20H2,1H3,(H,21,24);1H. The first kappa shape index (κ1) is 18.0. The van der Waals surface area contributed by atoms with E-state index in [0.29, 0.717) is 18.2 Å². The van der Waals surface area contributed by atoms with E-state index in [2.05, 4.69) is 17.3 Å². The summed E-state index contributed by atoms with van der Waals surface area (Å²) in [6.07, 6.45) is 5.27. The average Bonchev–Trinajstić information content (AvgIpc) is 3.25. The summed E-state index contributed by atoms with van der Waals surface area (Å²) in [6, 6.07) is 10.0. The van der Waals surface area contributed by atoms with E-state index in [1.807, 2.05) is 35.0 Å². The van der Waals surface area contributed by atoms with Gasteiger partial charge in [0, 0.05) is 17.8 Å². The molecule has 1 unspecified atom stereocenters. The number of hydrogen-bond donors (Lipinski definition) is 2. The molecule has 1 aromatic heterocycles. The molecule has 1 heterocycles. The van der Waals surface area contributed by atoms with Crippen molar-refractivity contribution in [1.29, 1.82) is 0 Å². The SMILES string of the molecule is CC(CN)(NC(=O)c1nn(-c2ccccc2)c2c1CCC2)C1CC1.Cl. The molecule has 0 saturated heterocycles. The average molecular weight is 361 g/mol. The number of nitrogens with one attached hydrogen (secondary N) is 1. The number of hydrogen-bond acceptors (Lipinski definition) is 3. The van der Waals surface area contributed by atoms with Gasteiger partial charge in [0.05, 0.1) is 11.2 Å². The molecule has 1 fully saturated rings. The van der Waals surface area contributed by atoms with E-state index in [4.69, 9.17) is 5.73 Å². The highest BCUT2D eigenvalue weighted by Gasteiger charge is 2.42. The number of carbonyl (C=O) groups is 1. The number of nitrogens with two attached hydrogens (primary N) is 1. The van der Waals surface area contributed by atoms with Crippen molar-refractivity contribution in [1.82, 2.24) is 15.1 Å². The predicted octanol–water partition coefficient (Wildman–Crippen LogP) is 2.64. The quantitative estimate of drug-likeness (QED) is 0.860. The maximum Gasteiger partial charge on any atom is 0.272 e. The number of aromatic nitrogens is 2. The van der Waals surface area contributed by atoms with Gasteiger partial charge in [-0.25, -0.2) is 4.68 Å². The van der Waals surface area contributed by atoms with Gasteiger partial charge in [0.15, 0.2) is 5.69 Å². The van der Waals surface area contributed by atoms with E-state index in [9.17, 15) is 4.79 Å². The van der Waals surface area contributed by atoms with Crippen molar-refractivity contribution in [2.45, 2.75) is 44.6 Å². The van der Waals surface area contributed by atoms with Crippen LogP contribution in [0.25, 0.3) is 5.69 Å². The monoisotopic (exact) mass is 360 g/mol. The van der Waals surface area contributed by atoms with E-state index < -0.39 is 0 Å². The number of fused-ring (bicyclic) bond motifs is 1. The van der Waals surface area contributed by atoms with Crippen LogP contribution in [0.15, 0.2) is 30.3 Å². The second kappa shape index (κ2) is 6.81. The van der Waals surface area contributed by atoms with E-state index >= 15 is 0 Å². The Balaban J connectivity index is 0.00000182. The Kier molecular flexibility index (Phi) is 4.89. The van der Waals surface area contributed by atoms with E-state index in [-0.39, 0.29) is 23.9 Å². The van der Waals surface area contributed by atoms with Crippen molar-refractivity contribution in [3.8, 4) is 5.69 Å². The Morgan fingerprint density at radius 1 is 1.32 bits per heavy atom. The van der Waals surface area contributed by atoms with Gasteiger partial charge in [-0.2, -0.15) is 5.10 Å². The molecule has 0 spiro atoms. The number of amides is 1. The minimum atomic E-state index is -0.320. The fourth-order valence-electron chi connectivity index (χ4n) is 3.76. The molecule has 0 bridgehead atoms. The van der Waals surface area contributed by atoms with Gasteiger partial charge < -0.3 is 11.1 Å².